The van der Waals surface area contributed by atoms with Gasteiger partial charge in [0.1, 0.15) is 11.9 Å². The summed E-state index contributed by atoms with van der Waals surface area (Å²) in [7, 11) is 0. The number of hydrogen-bond acceptors (Lipinski definition) is 7. The van der Waals surface area contributed by atoms with E-state index < -0.39 is 71.9 Å². The monoisotopic (exact) mass is 543 g/mol. The van der Waals surface area contributed by atoms with E-state index in [4.69, 9.17) is 4.74 Å². The summed E-state index contributed by atoms with van der Waals surface area (Å²) in [4.78, 5) is 30.2. The van der Waals surface area contributed by atoms with E-state index in [-0.39, 0.29) is 6.42 Å². The van der Waals surface area contributed by atoms with Gasteiger partial charge in [0.2, 0.25) is 0 Å². The first-order valence-corrected chi connectivity index (χ1v) is 13.0. The minimum absolute atomic E-state index is 0.243. The van der Waals surface area contributed by atoms with Crippen molar-refractivity contribution in [1.82, 2.24) is 4.98 Å². The number of carbonyl (C=O) groups is 2. The van der Waals surface area contributed by atoms with Crippen molar-refractivity contribution in [3.8, 4) is 0 Å². The summed E-state index contributed by atoms with van der Waals surface area (Å²) in [5, 5.41) is 24.0. The average Bonchev–Trinajstić information content (AvgIpc) is 3.21. The molecule has 0 fully saturated rings. The first-order valence-electron chi connectivity index (χ1n) is 12.2. The summed E-state index contributed by atoms with van der Waals surface area (Å²) < 4.78 is 46.8. The SMILES string of the molecule is C/C(=C\c1csc(C)n1)[C@@H]1C/C=C(/C(F)(F)F)C/C=C/C(C)C(O)C(C)C(=O)C(C)(C)[C@@H](O)CC(=O)O1. The van der Waals surface area contributed by atoms with Crippen molar-refractivity contribution >= 4 is 29.2 Å². The van der Waals surface area contributed by atoms with E-state index >= 15 is 0 Å². The standard InChI is InChI=1S/C27H36F3NO5S/c1-15-8-7-9-19(27(28,29)30)10-11-21(16(2)12-20-14-37-18(4)31-20)36-23(33)13-22(32)26(5,6)25(35)17(3)24(15)34/h7-8,10,12,14-15,17,21-22,24,32,34H,9,11,13H2,1-6H3/b8-7+,16-12+,19-10+/t15?,17?,21-,22-,24?/m0/s1. The molecule has 0 saturated carbocycles. The maximum Gasteiger partial charge on any atom is 0.412 e. The second-order valence-electron chi connectivity index (χ2n) is 10.2. The van der Waals surface area contributed by atoms with Gasteiger partial charge >= 0.3 is 12.1 Å². The molecule has 1 aliphatic rings. The number of aromatic nitrogens is 1. The maximum atomic E-state index is 13.8. The highest BCUT2D eigenvalue weighted by molar-refractivity contribution is 7.09. The molecular formula is C27H36F3NO5S. The summed E-state index contributed by atoms with van der Waals surface area (Å²) in [5.41, 5.74) is -1.11. The molecule has 5 atom stereocenters. The Kier molecular flexibility index (Phi) is 10.4. The lowest BCUT2D eigenvalue weighted by Crippen LogP contribution is -2.45. The fourth-order valence-corrected chi connectivity index (χ4v) is 4.74. The van der Waals surface area contributed by atoms with Gasteiger partial charge in [-0.15, -0.1) is 11.3 Å². The van der Waals surface area contributed by atoms with E-state index in [9.17, 15) is 33.0 Å². The van der Waals surface area contributed by atoms with Crippen molar-refractivity contribution in [3.05, 3.63) is 45.5 Å². The zero-order valence-electron chi connectivity index (χ0n) is 22.0. The van der Waals surface area contributed by atoms with E-state index in [1.165, 1.54) is 44.3 Å². The molecule has 10 heteroatoms. The van der Waals surface area contributed by atoms with Gasteiger partial charge in [0.15, 0.2) is 0 Å². The Bertz CT molecular complexity index is 1060. The summed E-state index contributed by atoms with van der Waals surface area (Å²) in [6.07, 6.45) is -4.04. The average molecular weight is 544 g/mol. The zero-order valence-corrected chi connectivity index (χ0v) is 22.8. The molecule has 0 spiro atoms. The van der Waals surface area contributed by atoms with Gasteiger partial charge in [-0.2, -0.15) is 13.2 Å². The second kappa shape index (κ2) is 12.5. The minimum atomic E-state index is -4.61. The molecule has 6 nitrogen and oxygen atoms in total. The van der Waals surface area contributed by atoms with Gasteiger partial charge in [0.25, 0.3) is 0 Å². The molecule has 1 aliphatic heterocycles. The third-order valence-corrected chi connectivity index (χ3v) is 7.60. The highest BCUT2D eigenvalue weighted by Gasteiger charge is 2.42. The molecule has 1 aromatic heterocycles. The number of halogens is 3. The molecule has 3 unspecified atom stereocenters. The number of nitrogens with zero attached hydrogens (tertiary/aromatic N) is 1. The summed E-state index contributed by atoms with van der Waals surface area (Å²) >= 11 is 1.41. The molecule has 2 rings (SSSR count). The Balaban J connectivity index is 2.50. The third kappa shape index (κ3) is 8.35. The van der Waals surface area contributed by atoms with E-state index in [2.05, 4.69) is 4.98 Å². The van der Waals surface area contributed by atoms with E-state index in [1.54, 1.807) is 25.3 Å². The van der Waals surface area contributed by atoms with Crippen LogP contribution in [0.3, 0.4) is 0 Å². The van der Waals surface area contributed by atoms with Crippen molar-refractivity contribution in [2.75, 3.05) is 0 Å². The summed E-state index contributed by atoms with van der Waals surface area (Å²) in [6, 6.07) is 0. The molecule has 37 heavy (non-hydrogen) atoms. The van der Waals surface area contributed by atoms with E-state index in [0.29, 0.717) is 11.3 Å². The van der Waals surface area contributed by atoms with Crippen LogP contribution in [0.15, 0.2) is 34.8 Å². The van der Waals surface area contributed by atoms with E-state index in [1.807, 2.05) is 6.92 Å². The highest BCUT2D eigenvalue weighted by atomic mass is 32.1. The first-order chi connectivity index (χ1) is 17.0. The smallest absolute Gasteiger partial charge is 0.412 e. The van der Waals surface area contributed by atoms with Crippen LogP contribution in [0.5, 0.6) is 0 Å². The molecule has 0 aromatic carbocycles. The Hall–Kier alpha value is -2.30. The van der Waals surface area contributed by atoms with Crippen LogP contribution in [-0.4, -0.2) is 51.4 Å². The number of aliphatic hydroxyl groups excluding tert-OH is 2. The minimum Gasteiger partial charge on any atom is -0.457 e. The number of carbonyl (C=O) groups excluding carboxylic acids is 2. The lowest BCUT2D eigenvalue weighted by Gasteiger charge is -2.34. The molecule has 0 amide bonds. The number of ketones is 1. The fraction of sp³-hybridized carbons (Fsp3) is 0.593. The number of Topliss-reactive ketones (excluding diaryl/α,β-unsaturated/α-hetero) is 1. The van der Waals surface area contributed by atoms with Crippen LogP contribution in [-0.2, 0) is 14.3 Å². The third-order valence-electron chi connectivity index (χ3n) is 6.81. The normalized spacial score (nSPS) is 31.4. The number of aliphatic hydroxyl groups is 2. The topological polar surface area (TPSA) is 96.7 Å². The van der Waals surface area contributed by atoms with Crippen molar-refractivity contribution in [1.29, 1.82) is 0 Å². The molecule has 0 bridgehead atoms. The summed E-state index contributed by atoms with van der Waals surface area (Å²) in [5.74, 6) is -2.85. The Labute approximate surface area is 219 Å². The van der Waals surface area contributed by atoms with Crippen LogP contribution in [0.25, 0.3) is 6.08 Å². The molecular weight excluding hydrogens is 507 g/mol. The number of rotatable bonds is 2. The lowest BCUT2D eigenvalue weighted by atomic mass is 9.73. The summed E-state index contributed by atoms with van der Waals surface area (Å²) in [6.45, 7) is 9.55. The van der Waals surface area contributed by atoms with Crippen LogP contribution in [0.4, 0.5) is 13.2 Å². The van der Waals surface area contributed by atoms with Gasteiger partial charge < -0.3 is 14.9 Å². The second-order valence-corrected chi connectivity index (χ2v) is 11.3. The number of thiazole rings is 1. The molecule has 0 saturated heterocycles. The molecule has 2 heterocycles. The molecule has 206 valence electrons. The lowest BCUT2D eigenvalue weighted by molar-refractivity contribution is -0.154. The molecule has 1 aromatic rings. The van der Waals surface area contributed by atoms with Crippen LogP contribution in [0.2, 0.25) is 0 Å². The Morgan fingerprint density at radius 1 is 1.24 bits per heavy atom. The van der Waals surface area contributed by atoms with Crippen molar-refractivity contribution in [3.63, 3.8) is 0 Å². The number of aryl methyl sites for hydroxylation is 1. The van der Waals surface area contributed by atoms with Crippen LogP contribution in [0, 0.1) is 24.2 Å². The number of ether oxygens (including phenoxy) is 1. The van der Waals surface area contributed by atoms with Crippen molar-refractivity contribution in [2.45, 2.75) is 85.3 Å². The number of allylic oxidation sites excluding steroid dienone is 2. The van der Waals surface area contributed by atoms with Crippen molar-refractivity contribution < 1.29 is 37.7 Å². The highest BCUT2D eigenvalue weighted by Crippen LogP contribution is 2.33. The first kappa shape index (κ1) is 30.9. The van der Waals surface area contributed by atoms with E-state index in [0.717, 1.165) is 11.1 Å². The van der Waals surface area contributed by atoms with Crippen molar-refractivity contribution in [2.24, 2.45) is 17.3 Å². The molecule has 0 radical (unpaired) electrons. The Morgan fingerprint density at radius 2 is 1.89 bits per heavy atom. The maximum absolute atomic E-state index is 13.8. The number of esters is 1. The van der Waals surface area contributed by atoms with Gasteiger partial charge in [-0.3, -0.25) is 9.59 Å². The van der Waals surface area contributed by atoms with Gasteiger partial charge in [0, 0.05) is 29.2 Å². The van der Waals surface area contributed by atoms with Gasteiger partial charge in [-0.1, -0.05) is 45.9 Å². The van der Waals surface area contributed by atoms with Gasteiger partial charge in [-0.25, -0.2) is 4.98 Å². The molecule has 2 N–H and O–H groups in total. The quantitative estimate of drug-likeness (QED) is 0.373. The van der Waals surface area contributed by atoms with Crippen LogP contribution < -0.4 is 0 Å². The number of alkyl halides is 3. The molecule has 0 aliphatic carbocycles. The van der Waals surface area contributed by atoms with Crippen LogP contribution >= 0.6 is 11.3 Å². The van der Waals surface area contributed by atoms with Crippen LogP contribution in [0.1, 0.15) is 64.6 Å². The van der Waals surface area contributed by atoms with Gasteiger partial charge in [0.05, 0.1) is 34.7 Å². The fourth-order valence-electron chi connectivity index (χ4n) is 4.17. The predicted molar refractivity (Wildman–Crippen MR) is 137 cm³/mol. The number of hydrogen-bond donors (Lipinski definition) is 2. The van der Waals surface area contributed by atoms with Gasteiger partial charge in [-0.05, 0) is 31.9 Å². The Morgan fingerprint density at radius 3 is 2.46 bits per heavy atom. The largest absolute Gasteiger partial charge is 0.457 e. The zero-order chi connectivity index (χ0) is 28.1. The number of cyclic esters (lactones) is 1. The predicted octanol–water partition coefficient (Wildman–Crippen LogP) is 5.58.